The minimum Gasteiger partial charge on any atom is -0.748 e. The van der Waals surface area contributed by atoms with Crippen molar-refractivity contribution >= 4 is 10.1 Å². The molecule has 0 saturated carbocycles. The Bertz CT molecular complexity index is 616. The minimum absolute atomic E-state index is 0. The van der Waals surface area contributed by atoms with Gasteiger partial charge in [0.1, 0.15) is 22.0 Å². The summed E-state index contributed by atoms with van der Waals surface area (Å²) < 4.78 is 39.3. The summed E-state index contributed by atoms with van der Waals surface area (Å²) in [5.74, 6) is 0.647. The molecule has 0 aliphatic carbocycles. The van der Waals surface area contributed by atoms with Crippen LogP contribution in [-0.4, -0.2) is 24.3 Å². The Morgan fingerprint density at radius 3 is 2.00 bits per heavy atom. The van der Waals surface area contributed by atoms with Gasteiger partial charge in [-0.05, 0) is 62.8 Å². The smallest absolute Gasteiger partial charge is 0.748 e. The number of rotatable bonds is 12. The normalized spacial score (nSPS) is 13.7. The molecule has 0 aromatic heterocycles. The summed E-state index contributed by atoms with van der Waals surface area (Å²) in [4.78, 5) is 0. The topological polar surface area (TPSA) is 66.4 Å². The third-order valence-electron chi connectivity index (χ3n) is 4.72. The van der Waals surface area contributed by atoms with E-state index >= 15 is 0 Å². The Labute approximate surface area is 182 Å². The first kappa shape index (κ1) is 25.9. The molecule has 1 aromatic rings. The maximum atomic E-state index is 11.2. The fraction of sp³-hybridized carbons (Fsp3) is 0.700. The van der Waals surface area contributed by atoms with Gasteiger partial charge in [0.25, 0.3) is 0 Å². The molecule has 144 valence electrons. The molecule has 6 heteroatoms. The van der Waals surface area contributed by atoms with Crippen molar-refractivity contribution in [1.29, 1.82) is 0 Å². The molecule has 0 bridgehead atoms. The third-order valence-corrected chi connectivity index (χ3v) is 6.01. The van der Waals surface area contributed by atoms with Crippen molar-refractivity contribution in [3.05, 3.63) is 29.3 Å². The fourth-order valence-corrected chi connectivity index (χ4v) is 3.35. The van der Waals surface area contributed by atoms with Crippen LogP contribution in [0.1, 0.15) is 77.3 Å². The summed E-state index contributed by atoms with van der Waals surface area (Å²) in [5.41, 5.74) is 2.64. The molecule has 0 fully saturated rings. The van der Waals surface area contributed by atoms with Crippen molar-refractivity contribution in [2.45, 2.75) is 90.4 Å². The number of ether oxygens (including phenoxy) is 1. The molecule has 0 aliphatic heterocycles. The second-order valence-corrected chi connectivity index (χ2v) is 8.59. The van der Waals surface area contributed by atoms with E-state index in [9.17, 15) is 13.0 Å². The van der Waals surface area contributed by atoms with Gasteiger partial charge in [-0.15, -0.1) is 0 Å². The molecule has 0 amide bonds. The Hall–Kier alpha value is -0.0700. The van der Waals surface area contributed by atoms with Crippen LogP contribution in [0.3, 0.4) is 0 Å². The summed E-state index contributed by atoms with van der Waals surface area (Å²) in [6, 6.07) is 6.01. The van der Waals surface area contributed by atoms with Crippen LogP contribution in [0.4, 0.5) is 0 Å². The van der Waals surface area contributed by atoms with Gasteiger partial charge in [0.15, 0.2) is 0 Å². The van der Waals surface area contributed by atoms with Crippen molar-refractivity contribution in [3.63, 3.8) is 0 Å². The quantitative estimate of drug-likeness (QED) is 0.309. The van der Waals surface area contributed by atoms with Gasteiger partial charge in [-0.25, -0.2) is 8.42 Å². The van der Waals surface area contributed by atoms with E-state index in [4.69, 9.17) is 4.74 Å². The minimum atomic E-state index is -4.35. The van der Waals surface area contributed by atoms with Crippen LogP contribution in [0.15, 0.2) is 18.2 Å². The van der Waals surface area contributed by atoms with E-state index in [0.29, 0.717) is 5.75 Å². The number of hydrogen-bond donors (Lipinski definition) is 0. The molecule has 1 aromatic carbocycles. The molecule has 0 spiro atoms. The predicted molar refractivity (Wildman–Crippen MR) is 102 cm³/mol. The van der Waals surface area contributed by atoms with E-state index in [1.54, 1.807) is 6.92 Å². The maximum absolute atomic E-state index is 11.2. The van der Waals surface area contributed by atoms with Crippen LogP contribution in [0.2, 0.25) is 0 Å². The monoisotopic (exact) mass is 392 g/mol. The summed E-state index contributed by atoms with van der Waals surface area (Å²) in [5, 5.41) is -1.07. The van der Waals surface area contributed by atoms with E-state index in [-0.39, 0.29) is 29.6 Å². The van der Waals surface area contributed by atoms with Crippen LogP contribution in [0.25, 0.3) is 0 Å². The average Bonchev–Trinajstić information content (AvgIpc) is 2.55. The molecule has 2 unspecified atom stereocenters. The van der Waals surface area contributed by atoms with Gasteiger partial charge in [0.2, 0.25) is 0 Å². The molecular weight excluding hydrogens is 359 g/mol. The first-order chi connectivity index (χ1) is 11.8. The predicted octanol–water partition coefficient (Wildman–Crippen LogP) is 1.86. The van der Waals surface area contributed by atoms with E-state index in [1.807, 2.05) is 12.1 Å². The zero-order chi connectivity index (χ0) is 18.9. The van der Waals surface area contributed by atoms with E-state index in [0.717, 1.165) is 19.3 Å². The summed E-state index contributed by atoms with van der Waals surface area (Å²) in [6.07, 6.45) is 8.53. The summed E-state index contributed by atoms with van der Waals surface area (Å²) in [7, 11) is -4.35. The Balaban J connectivity index is 0.00000625. The number of benzene rings is 1. The SMILES string of the molecule is CCCCCc1ccc(OC(C)C(C)S(=O)(=O)[O-])cc1CCCCC.[Na+]. The number of aryl methyl sites for hydroxylation is 2. The van der Waals surface area contributed by atoms with E-state index in [1.165, 1.54) is 50.2 Å². The van der Waals surface area contributed by atoms with Crippen LogP contribution in [-0.2, 0) is 23.0 Å². The summed E-state index contributed by atoms with van der Waals surface area (Å²) >= 11 is 0. The molecule has 0 aliphatic rings. The molecule has 4 nitrogen and oxygen atoms in total. The van der Waals surface area contributed by atoms with Crippen molar-refractivity contribution in [1.82, 2.24) is 0 Å². The largest absolute Gasteiger partial charge is 1.00 e. The van der Waals surface area contributed by atoms with Gasteiger partial charge in [-0.1, -0.05) is 45.6 Å². The zero-order valence-electron chi connectivity index (χ0n) is 17.1. The molecule has 0 saturated heterocycles. The number of hydrogen-bond acceptors (Lipinski definition) is 4. The van der Waals surface area contributed by atoms with Gasteiger partial charge >= 0.3 is 29.6 Å². The van der Waals surface area contributed by atoms with Crippen molar-refractivity contribution < 1.29 is 47.3 Å². The van der Waals surface area contributed by atoms with Crippen LogP contribution >= 0.6 is 0 Å². The van der Waals surface area contributed by atoms with Crippen molar-refractivity contribution in [2.24, 2.45) is 0 Å². The molecule has 1 rings (SSSR count). The standard InChI is InChI=1S/C20H34O4S.Na/c1-5-7-9-11-18-13-14-20(15-19(18)12-10-8-6-2)24-16(3)17(4)25(21,22)23;/h13-17H,5-12H2,1-4H3,(H,21,22,23);/q;+1/p-1. The number of unbranched alkanes of at least 4 members (excludes halogenated alkanes) is 4. The van der Waals surface area contributed by atoms with Gasteiger partial charge in [0, 0.05) is 0 Å². The van der Waals surface area contributed by atoms with Crippen molar-refractivity contribution in [2.75, 3.05) is 0 Å². The van der Waals surface area contributed by atoms with E-state index in [2.05, 4.69) is 19.9 Å². The Morgan fingerprint density at radius 2 is 1.50 bits per heavy atom. The van der Waals surface area contributed by atoms with Crippen LogP contribution in [0.5, 0.6) is 5.75 Å². The second-order valence-electron chi connectivity index (χ2n) is 6.87. The first-order valence-electron chi connectivity index (χ1n) is 9.52. The molecule has 26 heavy (non-hydrogen) atoms. The van der Waals surface area contributed by atoms with E-state index < -0.39 is 21.5 Å². The van der Waals surface area contributed by atoms with Gasteiger partial charge < -0.3 is 9.29 Å². The third kappa shape index (κ3) is 9.23. The Kier molecular flexibility index (Phi) is 13.1. The van der Waals surface area contributed by atoms with Gasteiger partial charge in [0.05, 0.1) is 5.25 Å². The van der Waals surface area contributed by atoms with Gasteiger partial charge in [-0.3, -0.25) is 0 Å². The molecule has 2 atom stereocenters. The molecule has 0 N–H and O–H groups in total. The first-order valence-corrected chi connectivity index (χ1v) is 11.0. The molecule has 0 heterocycles. The average molecular weight is 393 g/mol. The summed E-state index contributed by atoms with van der Waals surface area (Å²) in [6.45, 7) is 7.42. The van der Waals surface area contributed by atoms with Crippen LogP contribution in [0, 0.1) is 0 Å². The maximum Gasteiger partial charge on any atom is 1.00 e. The van der Waals surface area contributed by atoms with Gasteiger partial charge in [-0.2, -0.15) is 0 Å². The van der Waals surface area contributed by atoms with Crippen molar-refractivity contribution in [3.8, 4) is 5.75 Å². The second kappa shape index (κ2) is 13.2. The molecule has 0 radical (unpaired) electrons. The molecular formula is C20H33NaO4S. The zero-order valence-corrected chi connectivity index (χ0v) is 19.9. The van der Waals surface area contributed by atoms with Crippen LogP contribution < -0.4 is 34.3 Å². The fourth-order valence-electron chi connectivity index (χ4n) is 2.83. The Morgan fingerprint density at radius 1 is 0.962 bits per heavy atom.